The second kappa shape index (κ2) is 7.58. The SMILES string of the molecule is CCCc1c(I)c(C(=O)O)c(C(=O)O)c(I)c1CCC. The summed E-state index contributed by atoms with van der Waals surface area (Å²) in [6, 6.07) is 0. The molecule has 110 valence electrons. The monoisotopic (exact) mass is 502 g/mol. The van der Waals surface area contributed by atoms with Gasteiger partial charge in [0.25, 0.3) is 0 Å². The van der Waals surface area contributed by atoms with E-state index in [4.69, 9.17) is 0 Å². The molecule has 0 aliphatic heterocycles. The van der Waals surface area contributed by atoms with Crippen LogP contribution in [0.15, 0.2) is 0 Å². The smallest absolute Gasteiger partial charge is 0.337 e. The number of carbonyl (C=O) groups is 2. The first kappa shape index (κ1) is 17.7. The Labute approximate surface area is 145 Å². The average molecular weight is 502 g/mol. The fourth-order valence-corrected chi connectivity index (χ4v) is 4.40. The molecule has 4 nitrogen and oxygen atoms in total. The fourth-order valence-electron chi connectivity index (χ4n) is 2.21. The van der Waals surface area contributed by atoms with Gasteiger partial charge in [-0.3, -0.25) is 0 Å². The van der Waals surface area contributed by atoms with Gasteiger partial charge in [-0.25, -0.2) is 9.59 Å². The molecule has 1 aromatic carbocycles. The molecule has 0 saturated carbocycles. The van der Waals surface area contributed by atoms with Gasteiger partial charge < -0.3 is 10.2 Å². The molecule has 1 aromatic rings. The van der Waals surface area contributed by atoms with Gasteiger partial charge in [-0.15, -0.1) is 0 Å². The van der Waals surface area contributed by atoms with Crippen LogP contribution in [0.4, 0.5) is 0 Å². The minimum absolute atomic E-state index is 0.0780. The van der Waals surface area contributed by atoms with E-state index < -0.39 is 11.9 Å². The van der Waals surface area contributed by atoms with Crippen LogP contribution in [-0.4, -0.2) is 22.2 Å². The summed E-state index contributed by atoms with van der Waals surface area (Å²) in [5.74, 6) is -2.35. The van der Waals surface area contributed by atoms with Crippen LogP contribution in [0, 0.1) is 7.14 Å². The van der Waals surface area contributed by atoms with E-state index in [1.165, 1.54) is 0 Å². The van der Waals surface area contributed by atoms with Gasteiger partial charge in [-0.1, -0.05) is 26.7 Å². The molecular weight excluding hydrogens is 486 g/mol. The van der Waals surface area contributed by atoms with E-state index in [2.05, 4.69) is 0 Å². The van der Waals surface area contributed by atoms with Crippen molar-refractivity contribution in [2.24, 2.45) is 0 Å². The fraction of sp³-hybridized carbons (Fsp3) is 0.429. The number of benzene rings is 1. The molecule has 0 heterocycles. The van der Waals surface area contributed by atoms with Crippen molar-refractivity contribution in [1.82, 2.24) is 0 Å². The summed E-state index contributed by atoms with van der Waals surface area (Å²) in [6.45, 7) is 4.06. The van der Waals surface area contributed by atoms with E-state index in [9.17, 15) is 19.8 Å². The van der Waals surface area contributed by atoms with Crippen LogP contribution in [0.3, 0.4) is 0 Å². The highest BCUT2D eigenvalue weighted by Crippen LogP contribution is 2.32. The third kappa shape index (κ3) is 3.44. The first-order chi connectivity index (χ1) is 9.36. The van der Waals surface area contributed by atoms with Gasteiger partial charge in [0, 0.05) is 7.14 Å². The maximum atomic E-state index is 11.5. The van der Waals surface area contributed by atoms with Crippen molar-refractivity contribution in [3.05, 3.63) is 29.4 Å². The van der Waals surface area contributed by atoms with Crippen LogP contribution in [0.2, 0.25) is 0 Å². The molecule has 20 heavy (non-hydrogen) atoms. The molecule has 0 saturated heterocycles. The van der Waals surface area contributed by atoms with Gasteiger partial charge in [0.05, 0.1) is 11.1 Å². The van der Waals surface area contributed by atoms with Gasteiger partial charge in [-0.2, -0.15) is 0 Å². The van der Waals surface area contributed by atoms with Crippen LogP contribution >= 0.6 is 45.2 Å². The summed E-state index contributed by atoms with van der Waals surface area (Å²) in [5.41, 5.74) is 1.82. The first-order valence-corrected chi connectivity index (χ1v) is 8.51. The van der Waals surface area contributed by atoms with Crippen molar-refractivity contribution >= 4 is 57.1 Å². The Morgan fingerprint density at radius 2 is 1.15 bits per heavy atom. The number of hydrogen-bond donors (Lipinski definition) is 2. The van der Waals surface area contributed by atoms with Crippen molar-refractivity contribution in [1.29, 1.82) is 0 Å². The van der Waals surface area contributed by atoms with Gasteiger partial charge in [0.2, 0.25) is 0 Å². The Balaban J connectivity index is 3.78. The van der Waals surface area contributed by atoms with Crippen molar-refractivity contribution in [2.75, 3.05) is 0 Å². The minimum Gasteiger partial charge on any atom is -0.478 e. The highest BCUT2D eigenvalue weighted by Gasteiger charge is 2.28. The molecule has 2 N–H and O–H groups in total. The summed E-state index contributed by atoms with van der Waals surface area (Å²) in [6.07, 6.45) is 3.33. The average Bonchev–Trinajstić information content (AvgIpc) is 2.36. The van der Waals surface area contributed by atoms with E-state index in [0.29, 0.717) is 7.14 Å². The van der Waals surface area contributed by atoms with Crippen LogP contribution in [0.1, 0.15) is 58.5 Å². The molecular formula is C14H16I2O4. The zero-order valence-corrected chi connectivity index (χ0v) is 15.6. The molecule has 0 atom stereocenters. The molecule has 0 radical (unpaired) electrons. The van der Waals surface area contributed by atoms with E-state index >= 15 is 0 Å². The predicted molar refractivity (Wildman–Crippen MR) is 93.8 cm³/mol. The zero-order chi connectivity index (χ0) is 15.4. The van der Waals surface area contributed by atoms with E-state index in [1.807, 2.05) is 59.0 Å². The first-order valence-electron chi connectivity index (χ1n) is 6.35. The topological polar surface area (TPSA) is 74.6 Å². The number of hydrogen-bond acceptors (Lipinski definition) is 2. The maximum absolute atomic E-state index is 11.5. The second-order valence-electron chi connectivity index (χ2n) is 4.45. The van der Waals surface area contributed by atoms with Gasteiger partial charge >= 0.3 is 11.9 Å². The molecule has 6 heteroatoms. The lowest BCUT2D eigenvalue weighted by atomic mass is 9.93. The van der Waals surface area contributed by atoms with Crippen LogP contribution < -0.4 is 0 Å². The van der Waals surface area contributed by atoms with Crippen LogP contribution in [0.25, 0.3) is 0 Å². The minimum atomic E-state index is -1.18. The molecule has 0 bridgehead atoms. The lowest BCUT2D eigenvalue weighted by Gasteiger charge is -2.18. The molecule has 0 unspecified atom stereocenters. The third-order valence-electron chi connectivity index (χ3n) is 3.01. The quantitative estimate of drug-likeness (QED) is 0.573. The third-order valence-corrected chi connectivity index (χ3v) is 5.39. The number of carboxylic acids is 2. The number of carboxylic acid groups (broad SMARTS) is 2. The molecule has 0 aliphatic rings. The lowest BCUT2D eigenvalue weighted by Crippen LogP contribution is -2.17. The highest BCUT2D eigenvalue weighted by molar-refractivity contribution is 14.1. The summed E-state index contributed by atoms with van der Waals surface area (Å²) in [5, 5.41) is 18.7. The second-order valence-corrected chi connectivity index (χ2v) is 6.60. The Hall–Kier alpha value is -0.380. The molecule has 0 aromatic heterocycles. The van der Waals surface area contributed by atoms with Crippen LogP contribution in [-0.2, 0) is 12.8 Å². The summed E-state index contributed by atoms with van der Waals surface area (Å²) >= 11 is 3.95. The summed E-state index contributed by atoms with van der Waals surface area (Å²) in [4.78, 5) is 22.9. The Morgan fingerprint density at radius 1 is 0.850 bits per heavy atom. The summed E-state index contributed by atoms with van der Waals surface area (Å²) in [7, 11) is 0. The molecule has 0 spiro atoms. The maximum Gasteiger partial charge on any atom is 0.337 e. The molecule has 0 aliphatic carbocycles. The van der Waals surface area contributed by atoms with Crippen molar-refractivity contribution in [2.45, 2.75) is 39.5 Å². The van der Waals surface area contributed by atoms with E-state index in [0.717, 1.165) is 36.8 Å². The highest BCUT2D eigenvalue weighted by atomic mass is 127. The Morgan fingerprint density at radius 3 is 1.35 bits per heavy atom. The number of halogens is 2. The normalized spacial score (nSPS) is 10.6. The lowest BCUT2D eigenvalue weighted by molar-refractivity contribution is 0.0649. The van der Waals surface area contributed by atoms with Crippen LogP contribution in [0.5, 0.6) is 0 Å². The van der Waals surface area contributed by atoms with E-state index in [1.54, 1.807) is 0 Å². The van der Waals surface area contributed by atoms with E-state index in [-0.39, 0.29) is 11.1 Å². The van der Waals surface area contributed by atoms with Gasteiger partial charge in [0.15, 0.2) is 0 Å². The van der Waals surface area contributed by atoms with Crippen molar-refractivity contribution in [3.63, 3.8) is 0 Å². The summed E-state index contributed by atoms with van der Waals surface area (Å²) < 4.78 is 1.14. The predicted octanol–water partition coefficient (Wildman–Crippen LogP) is 4.20. The molecule has 0 fully saturated rings. The van der Waals surface area contributed by atoms with Crippen molar-refractivity contribution < 1.29 is 19.8 Å². The Bertz CT molecular complexity index is 504. The zero-order valence-electron chi connectivity index (χ0n) is 11.3. The van der Waals surface area contributed by atoms with Gasteiger partial charge in [-0.05, 0) is 69.2 Å². The standard InChI is InChI=1S/C14H16I2O4/c1-3-5-7-8(6-4-2)12(16)10(14(19)20)9(11(7)15)13(17)18/h3-6H2,1-2H3,(H,17,18)(H,19,20). The number of aromatic carboxylic acids is 2. The molecule has 1 rings (SSSR count). The molecule has 0 amide bonds. The largest absolute Gasteiger partial charge is 0.478 e. The van der Waals surface area contributed by atoms with Crippen molar-refractivity contribution in [3.8, 4) is 0 Å². The number of rotatable bonds is 6. The Kier molecular flexibility index (Phi) is 6.70. The van der Waals surface area contributed by atoms with Gasteiger partial charge in [0.1, 0.15) is 0 Å².